The molecule has 5 heteroatoms. The highest BCUT2D eigenvalue weighted by Gasteiger charge is 2.22. The Morgan fingerprint density at radius 1 is 1.00 bits per heavy atom. The third-order valence-electron chi connectivity index (χ3n) is 4.72. The van der Waals surface area contributed by atoms with Crippen LogP contribution < -0.4 is 4.90 Å². The number of anilines is 1. The van der Waals surface area contributed by atoms with Crippen LogP contribution in [0, 0.1) is 11.3 Å². The second-order valence-electron chi connectivity index (χ2n) is 6.28. The SMILES string of the molecule is CN(Cc1ccccc1)C1CCN(c2ccc(C#N)cc2)CC1.Cl.Cl. The fourth-order valence-electron chi connectivity index (χ4n) is 3.31. The molecule has 1 saturated heterocycles. The Morgan fingerprint density at radius 2 is 1.60 bits per heavy atom. The maximum absolute atomic E-state index is 8.89. The molecule has 0 unspecified atom stereocenters. The number of hydrogen-bond acceptors (Lipinski definition) is 3. The van der Waals surface area contributed by atoms with Gasteiger partial charge >= 0.3 is 0 Å². The molecule has 134 valence electrons. The van der Waals surface area contributed by atoms with Gasteiger partial charge in [-0.2, -0.15) is 5.26 Å². The summed E-state index contributed by atoms with van der Waals surface area (Å²) in [5, 5.41) is 8.89. The van der Waals surface area contributed by atoms with Gasteiger partial charge in [0, 0.05) is 31.4 Å². The van der Waals surface area contributed by atoms with Crippen LogP contribution in [0.1, 0.15) is 24.0 Å². The van der Waals surface area contributed by atoms with Crippen LogP contribution in [0.5, 0.6) is 0 Å². The monoisotopic (exact) mass is 377 g/mol. The number of benzene rings is 2. The summed E-state index contributed by atoms with van der Waals surface area (Å²) < 4.78 is 0. The first-order valence-corrected chi connectivity index (χ1v) is 8.25. The van der Waals surface area contributed by atoms with Gasteiger partial charge in [-0.05, 0) is 49.7 Å². The zero-order valence-electron chi connectivity index (χ0n) is 14.5. The number of piperidine rings is 1. The maximum Gasteiger partial charge on any atom is 0.0991 e. The molecule has 0 N–H and O–H groups in total. The van der Waals surface area contributed by atoms with Crippen LogP contribution in [0.25, 0.3) is 0 Å². The molecule has 0 spiro atoms. The summed E-state index contributed by atoms with van der Waals surface area (Å²) in [6, 6.07) is 21.4. The second-order valence-corrected chi connectivity index (χ2v) is 6.28. The quantitative estimate of drug-likeness (QED) is 0.785. The average Bonchev–Trinajstić information content (AvgIpc) is 2.63. The number of nitrogens with zero attached hydrogens (tertiary/aromatic N) is 3. The highest BCUT2D eigenvalue weighted by molar-refractivity contribution is 5.85. The Kier molecular flexibility index (Phi) is 8.78. The summed E-state index contributed by atoms with van der Waals surface area (Å²) in [6.45, 7) is 3.17. The van der Waals surface area contributed by atoms with Gasteiger partial charge in [-0.1, -0.05) is 30.3 Å². The van der Waals surface area contributed by atoms with Crippen molar-refractivity contribution in [3.8, 4) is 6.07 Å². The highest BCUT2D eigenvalue weighted by atomic mass is 35.5. The minimum absolute atomic E-state index is 0. The van der Waals surface area contributed by atoms with Crippen molar-refractivity contribution in [2.75, 3.05) is 25.0 Å². The van der Waals surface area contributed by atoms with Crippen LogP contribution in [-0.2, 0) is 6.54 Å². The summed E-state index contributed by atoms with van der Waals surface area (Å²) in [5.74, 6) is 0. The Hall–Kier alpha value is -1.73. The van der Waals surface area contributed by atoms with E-state index < -0.39 is 0 Å². The highest BCUT2D eigenvalue weighted by Crippen LogP contribution is 2.23. The van der Waals surface area contributed by atoms with Crippen LogP contribution in [0.3, 0.4) is 0 Å². The van der Waals surface area contributed by atoms with E-state index in [0.29, 0.717) is 6.04 Å². The number of nitriles is 1. The van der Waals surface area contributed by atoms with Gasteiger partial charge < -0.3 is 4.90 Å². The van der Waals surface area contributed by atoms with Gasteiger partial charge in [-0.15, -0.1) is 24.8 Å². The third kappa shape index (κ3) is 5.64. The Bertz CT molecular complexity index is 660. The fraction of sp³-hybridized carbons (Fsp3) is 0.350. The smallest absolute Gasteiger partial charge is 0.0991 e. The van der Waals surface area contributed by atoms with Crippen LogP contribution in [0.15, 0.2) is 54.6 Å². The molecule has 2 aromatic carbocycles. The van der Waals surface area contributed by atoms with Gasteiger partial charge in [0.25, 0.3) is 0 Å². The second kappa shape index (κ2) is 10.3. The van der Waals surface area contributed by atoms with Gasteiger partial charge in [0.2, 0.25) is 0 Å². The van der Waals surface area contributed by atoms with Crippen molar-refractivity contribution in [2.45, 2.75) is 25.4 Å². The van der Waals surface area contributed by atoms with Crippen molar-refractivity contribution in [2.24, 2.45) is 0 Å². The van der Waals surface area contributed by atoms with Gasteiger partial charge in [0.1, 0.15) is 0 Å². The van der Waals surface area contributed by atoms with E-state index in [0.717, 1.165) is 25.2 Å². The molecule has 1 aliphatic heterocycles. The molecule has 1 aliphatic rings. The van der Waals surface area contributed by atoms with Crippen LogP contribution >= 0.6 is 24.8 Å². The lowest BCUT2D eigenvalue weighted by Crippen LogP contribution is -2.43. The fourth-order valence-corrected chi connectivity index (χ4v) is 3.31. The minimum atomic E-state index is 0. The molecule has 2 aromatic rings. The lowest BCUT2D eigenvalue weighted by molar-refractivity contribution is 0.200. The molecule has 0 saturated carbocycles. The van der Waals surface area contributed by atoms with E-state index in [-0.39, 0.29) is 24.8 Å². The van der Waals surface area contributed by atoms with Crippen molar-refractivity contribution >= 4 is 30.5 Å². The molecule has 0 bridgehead atoms. The molecule has 1 heterocycles. The average molecular weight is 378 g/mol. The van der Waals surface area contributed by atoms with Gasteiger partial charge in [-0.3, -0.25) is 4.90 Å². The molecule has 1 fully saturated rings. The maximum atomic E-state index is 8.89. The molecule has 0 amide bonds. The zero-order valence-corrected chi connectivity index (χ0v) is 16.1. The Morgan fingerprint density at radius 3 is 2.16 bits per heavy atom. The lowest BCUT2D eigenvalue weighted by atomic mass is 10.0. The Balaban J connectivity index is 0.00000156. The molecule has 0 aliphatic carbocycles. The third-order valence-corrected chi connectivity index (χ3v) is 4.72. The molecule has 25 heavy (non-hydrogen) atoms. The van der Waals surface area contributed by atoms with E-state index in [9.17, 15) is 0 Å². The molecule has 3 nitrogen and oxygen atoms in total. The van der Waals surface area contributed by atoms with Crippen molar-refractivity contribution in [1.82, 2.24) is 4.90 Å². The molecular formula is C20H25Cl2N3. The summed E-state index contributed by atoms with van der Waals surface area (Å²) in [6.07, 6.45) is 2.37. The van der Waals surface area contributed by atoms with Crippen molar-refractivity contribution in [3.05, 3.63) is 65.7 Å². The molecule has 0 atom stereocenters. The van der Waals surface area contributed by atoms with E-state index in [1.165, 1.54) is 24.1 Å². The molecular weight excluding hydrogens is 353 g/mol. The van der Waals surface area contributed by atoms with Crippen molar-refractivity contribution in [1.29, 1.82) is 5.26 Å². The number of rotatable bonds is 4. The Labute approximate surface area is 163 Å². The first-order chi connectivity index (χ1) is 11.3. The summed E-state index contributed by atoms with van der Waals surface area (Å²) in [4.78, 5) is 4.90. The minimum Gasteiger partial charge on any atom is -0.371 e. The number of halogens is 2. The van der Waals surface area contributed by atoms with E-state index in [2.05, 4.69) is 65.4 Å². The van der Waals surface area contributed by atoms with Crippen LogP contribution in [0.2, 0.25) is 0 Å². The van der Waals surface area contributed by atoms with E-state index in [4.69, 9.17) is 5.26 Å². The van der Waals surface area contributed by atoms with Gasteiger partial charge in [0.05, 0.1) is 11.6 Å². The first-order valence-electron chi connectivity index (χ1n) is 8.25. The van der Waals surface area contributed by atoms with Crippen LogP contribution in [-0.4, -0.2) is 31.1 Å². The van der Waals surface area contributed by atoms with Gasteiger partial charge in [0.15, 0.2) is 0 Å². The van der Waals surface area contributed by atoms with Crippen molar-refractivity contribution < 1.29 is 0 Å². The van der Waals surface area contributed by atoms with E-state index in [1.807, 2.05) is 12.1 Å². The van der Waals surface area contributed by atoms with E-state index >= 15 is 0 Å². The standard InChI is InChI=1S/C20H23N3.2ClH/c1-22(16-18-5-3-2-4-6-18)19-11-13-23(14-12-19)20-9-7-17(15-21)8-10-20;;/h2-10,19H,11-14,16H2,1H3;2*1H. The predicted molar refractivity (Wildman–Crippen MR) is 109 cm³/mol. The number of hydrogen-bond donors (Lipinski definition) is 0. The normalized spacial score (nSPS) is 14.4. The largest absolute Gasteiger partial charge is 0.371 e. The molecule has 3 rings (SSSR count). The first kappa shape index (κ1) is 21.3. The van der Waals surface area contributed by atoms with Crippen LogP contribution in [0.4, 0.5) is 5.69 Å². The zero-order chi connectivity index (χ0) is 16.1. The van der Waals surface area contributed by atoms with E-state index in [1.54, 1.807) is 0 Å². The van der Waals surface area contributed by atoms with Gasteiger partial charge in [-0.25, -0.2) is 0 Å². The molecule has 0 aromatic heterocycles. The topological polar surface area (TPSA) is 30.3 Å². The summed E-state index contributed by atoms with van der Waals surface area (Å²) in [7, 11) is 2.23. The molecule has 0 radical (unpaired) electrons. The summed E-state index contributed by atoms with van der Waals surface area (Å²) >= 11 is 0. The van der Waals surface area contributed by atoms with Crippen molar-refractivity contribution in [3.63, 3.8) is 0 Å². The summed E-state index contributed by atoms with van der Waals surface area (Å²) in [5.41, 5.74) is 3.34. The predicted octanol–water partition coefficient (Wildman–Crippen LogP) is 4.50. The lowest BCUT2D eigenvalue weighted by Gasteiger charge is -2.38.